The van der Waals surface area contributed by atoms with Crippen molar-refractivity contribution in [2.24, 2.45) is 0 Å². The number of halogens is 4. The molecule has 3 N–H and O–H groups in total. The second-order valence-electron chi connectivity index (χ2n) is 7.90. The lowest BCUT2D eigenvalue weighted by Crippen LogP contribution is -2.35. The first-order chi connectivity index (χ1) is 15.6. The number of carbonyl (C=O) groups is 1. The van der Waals surface area contributed by atoms with E-state index < -0.39 is 30.6 Å². The lowest BCUT2D eigenvalue weighted by atomic mass is 10.0. The predicted octanol–water partition coefficient (Wildman–Crippen LogP) is 3.81. The van der Waals surface area contributed by atoms with Gasteiger partial charge in [0.2, 0.25) is 5.88 Å². The number of aromatic nitrogens is 5. The van der Waals surface area contributed by atoms with E-state index >= 15 is 0 Å². The molecule has 33 heavy (non-hydrogen) atoms. The summed E-state index contributed by atoms with van der Waals surface area (Å²) < 4.78 is 62.0. The average Bonchev–Trinajstić information content (AvgIpc) is 3.39. The van der Waals surface area contributed by atoms with Crippen molar-refractivity contribution in [2.45, 2.75) is 57.3 Å². The predicted molar refractivity (Wildman–Crippen MR) is 107 cm³/mol. The van der Waals surface area contributed by atoms with Crippen LogP contribution in [0.5, 0.6) is 5.88 Å². The number of carbonyl (C=O) groups excluding carboxylic acids is 1. The monoisotopic (exact) mass is 471 g/mol. The molecule has 4 rings (SSSR count). The fourth-order valence-corrected chi connectivity index (χ4v) is 3.63. The van der Waals surface area contributed by atoms with Gasteiger partial charge in [-0.25, -0.2) is 18.7 Å². The Morgan fingerprint density at radius 3 is 2.82 bits per heavy atom. The van der Waals surface area contributed by atoms with Gasteiger partial charge in [0.05, 0.1) is 0 Å². The zero-order chi connectivity index (χ0) is 23.8. The third kappa shape index (κ3) is 5.43. The van der Waals surface area contributed by atoms with Crippen molar-refractivity contribution >= 4 is 23.2 Å². The van der Waals surface area contributed by atoms with E-state index in [1.165, 1.54) is 16.9 Å². The van der Waals surface area contributed by atoms with Gasteiger partial charge in [-0.3, -0.25) is 5.10 Å². The number of ether oxygens (including phenoxy) is 2. The van der Waals surface area contributed by atoms with Crippen LogP contribution in [0, 0.1) is 0 Å². The van der Waals surface area contributed by atoms with E-state index in [4.69, 9.17) is 4.74 Å². The molecule has 3 aromatic rings. The number of rotatable bonds is 6. The average molecular weight is 471 g/mol. The van der Waals surface area contributed by atoms with Crippen LogP contribution in [-0.4, -0.2) is 55.6 Å². The molecule has 1 aliphatic carbocycles. The molecule has 0 spiro atoms. The zero-order valence-corrected chi connectivity index (χ0v) is 17.6. The van der Waals surface area contributed by atoms with E-state index in [-0.39, 0.29) is 36.1 Å². The van der Waals surface area contributed by atoms with Crippen molar-refractivity contribution in [2.75, 3.05) is 5.32 Å². The molecule has 0 radical (unpaired) electrons. The minimum atomic E-state index is -4.87. The van der Waals surface area contributed by atoms with Crippen LogP contribution in [0.4, 0.5) is 34.0 Å². The van der Waals surface area contributed by atoms with Crippen LogP contribution in [0.2, 0.25) is 0 Å². The Hall–Kier alpha value is -3.58. The molecular weight excluding hydrogens is 450 g/mol. The van der Waals surface area contributed by atoms with Crippen molar-refractivity contribution in [3.8, 4) is 5.88 Å². The molecule has 1 saturated carbocycles. The third-order valence-electron chi connectivity index (χ3n) is 4.97. The maximum Gasteiger partial charge on any atom is 0.574 e. The summed E-state index contributed by atoms with van der Waals surface area (Å²) in [6, 6.07) is 2.60. The van der Waals surface area contributed by atoms with Crippen LogP contribution in [0.1, 0.15) is 38.3 Å². The molecule has 178 valence electrons. The number of amides is 1. The molecule has 0 bridgehead atoms. The van der Waals surface area contributed by atoms with Gasteiger partial charge in [-0.05, 0) is 26.7 Å². The lowest BCUT2D eigenvalue weighted by molar-refractivity contribution is -0.276. The number of H-pyrrole nitrogens is 1. The minimum absolute atomic E-state index is 0.126. The summed E-state index contributed by atoms with van der Waals surface area (Å²) in [6.07, 6.45) is -4.58. The maximum absolute atomic E-state index is 14.4. The Morgan fingerprint density at radius 2 is 2.09 bits per heavy atom. The van der Waals surface area contributed by atoms with E-state index in [9.17, 15) is 22.4 Å². The first kappa shape index (κ1) is 22.6. The maximum atomic E-state index is 14.4. The van der Waals surface area contributed by atoms with E-state index in [2.05, 4.69) is 35.7 Å². The van der Waals surface area contributed by atoms with Crippen LogP contribution >= 0.6 is 0 Å². The molecule has 3 heterocycles. The van der Waals surface area contributed by atoms with Crippen LogP contribution < -0.4 is 15.4 Å². The summed E-state index contributed by atoms with van der Waals surface area (Å²) in [6.45, 7) is 3.54. The molecule has 14 heteroatoms. The van der Waals surface area contributed by atoms with E-state index in [0.717, 1.165) is 6.07 Å². The van der Waals surface area contributed by atoms with Crippen molar-refractivity contribution in [1.82, 2.24) is 30.1 Å². The zero-order valence-electron chi connectivity index (χ0n) is 17.6. The van der Waals surface area contributed by atoms with Gasteiger partial charge < -0.3 is 20.1 Å². The molecule has 3 aromatic heterocycles. The SMILES string of the molecule is CC(C)NC(=O)O[C@H]1C[C@@H](c2cc(Nc3nccn4nc(OC(F)(F)F)cc34)n[nH]2)C[C@H]1F. The Bertz CT molecular complexity index is 1130. The van der Waals surface area contributed by atoms with E-state index in [1.807, 2.05) is 0 Å². The molecule has 0 saturated heterocycles. The topological polar surface area (TPSA) is 118 Å². The summed E-state index contributed by atoms with van der Waals surface area (Å²) in [5.74, 6) is -0.372. The summed E-state index contributed by atoms with van der Waals surface area (Å²) in [5.41, 5.74) is 0.854. The lowest BCUT2D eigenvalue weighted by Gasteiger charge is -2.16. The van der Waals surface area contributed by atoms with Gasteiger partial charge in [-0.15, -0.1) is 18.3 Å². The molecule has 0 unspecified atom stereocenters. The molecule has 0 aromatic carbocycles. The highest BCUT2D eigenvalue weighted by atomic mass is 19.4. The number of nitrogens with one attached hydrogen (secondary N) is 3. The second kappa shape index (κ2) is 8.75. The first-order valence-corrected chi connectivity index (χ1v) is 10.1. The first-order valence-electron chi connectivity index (χ1n) is 10.1. The molecule has 1 amide bonds. The van der Waals surface area contributed by atoms with Crippen molar-refractivity contribution in [1.29, 1.82) is 0 Å². The molecule has 10 nitrogen and oxygen atoms in total. The van der Waals surface area contributed by atoms with Crippen LogP contribution in [0.25, 0.3) is 5.52 Å². The molecular formula is C19H21F4N7O3. The number of fused-ring (bicyclic) bond motifs is 1. The highest BCUT2D eigenvalue weighted by molar-refractivity contribution is 5.72. The van der Waals surface area contributed by atoms with Gasteiger partial charge >= 0.3 is 12.5 Å². The van der Waals surface area contributed by atoms with Crippen molar-refractivity contribution in [3.05, 3.63) is 30.2 Å². The quantitative estimate of drug-likeness (QED) is 0.468. The van der Waals surface area contributed by atoms with Crippen molar-refractivity contribution < 1.29 is 31.8 Å². The summed E-state index contributed by atoms with van der Waals surface area (Å²) >= 11 is 0. The van der Waals surface area contributed by atoms with Crippen molar-refractivity contribution in [3.63, 3.8) is 0 Å². The Balaban J connectivity index is 1.44. The largest absolute Gasteiger partial charge is 0.574 e. The van der Waals surface area contributed by atoms with E-state index in [1.54, 1.807) is 19.9 Å². The van der Waals surface area contributed by atoms with Gasteiger partial charge in [0, 0.05) is 42.2 Å². The highest BCUT2D eigenvalue weighted by Gasteiger charge is 2.39. The van der Waals surface area contributed by atoms with Crippen LogP contribution in [0.15, 0.2) is 24.5 Å². The Kier molecular flexibility index (Phi) is 5.99. The van der Waals surface area contributed by atoms with Crippen LogP contribution in [-0.2, 0) is 4.74 Å². The highest BCUT2D eigenvalue weighted by Crippen LogP contribution is 2.38. The summed E-state index contributed by atoms with van der Waals surface area (Å²) in [5, 5.41) is 16.1. The van der Waals surface area contributed by atoms with Gasteiger partial charge in [-0.2, -0.15) is 5.10 Å². The Labute approximate surface area is 184 Å². The molecule has 1 fully saturated rings. The van der Waals surface area contributed by atoms with Crippen LogP contribution in [0.3, 0.4) is 0 Å². The smallest absolute Gasteiger partial charge is 0.443 e. The standard InChI is InChI=1S/C19H21F4N7O3/c1-9(2)25-18(31)32-14-6-10(5-11(14)20)12-7-15(28-27-12)26-17-13-8-16(33-19(21,22)23)29-30(13)4-3-24-17/h3-4,7-11,14H,5-6H2,1-2H3,(H,25,31)(H2,24,26,27,28)/t10-,11+,14-/m0/s1. The Morgan fingerprint density at radius 1 is 1.30 bits per heavy atom. The van der Waals surface area contributed by atoms with E-state index in [0.29, 0.717) is 11.5 Å². The number of hydrogen-bond donors (Lipinski definition) is 3. The summed E-state index contributed by atoms with van der Waals surface area (Å²) in [4.78, 5) is 15.9. The summed E-state index contributed by atoms with van der Waals surface area (Å²) in [7, 11) is 0. The number of alkyl carbamates (subject to hydrolysis) is 1. The number of anilines is 2. The van der Waals surface area contributed by atoms with Gasteiger partial charge in [0.15, 0.2) is 11.6 Å². The number of nitrogens with zero attached hydrogens (tertiary/aromatic N) is 4. The molecule has 3 atom stereocenters. The number of hydrogen-bond acceptors (Lipinski definition) is 7. The number of alkyl halides is 4. The molecule has 0 aliphatic heterocycles. The number of aromatic amines is 1. The fourth-order valence-electron chi connectivity index (χ4n) is 3.63. The minimum Gasteiger partial charge on any atom is -0.443 e. The van der Waals surface area contributed by atoms with Gasteiger partial charge in [0.25, 0.3) is 0 Å². The normalized spacial score (nSPS) is 20.9. The van der Waals surface area contributed by atoms with Gasteiger partial charge in [0.1, 0.15) is 17.8 Å². The third-order valence-corrected chi connectivity index (χ3v) is 4.97. The molecule has 1 aliphatic rings. The fraction of sp³-hybridized carbons (Fsp3) is 0.474. The van der Waals surface area contributed by atoms with Gasteiger partial charge in [-0.1, -0.05) is 0 Å². The second-order valence-corrected chi connectivity index (χ2v) is 7.90.